The van der Waals surface area contributed by atoms with Crippen molar-refractivity contribution in [2.75, 3.05) is 26.2 Å². The lowest BCUT2D eigenvalue weighted by atomic mass is 9.89. The van der Waals surface area contributed by atoms with Crippen LogP contribution in [0.1, 0.15) is 58.8 Å². The van der Waals surface area contributed by atoms with Gasteiger partial charge in [0.05, 0.1) is 0 Å². The van der Waals surface area contributed by atoms with Gasteiger partial charge in [-0.05, 0) is 56.5 Å². The molecule has 1 N–H and O–H groups in total. The summed E-state index contributed by atoms with van der Waals surface area (Å²) in [5.74, 6) is 2.82. The van der Waals surface area contributed by atoms with E-state index in [0.29, 0.717) is 5.91 Å². The Balaban J connectivity index is 0.00000220. The Kier molecular flexibility index (Phi) is 8.65. The zero-order valence-corrected chi connectivity index (χ0v) is 14.6. The van der Waals surface area contributed by atoms with Gasteiger partial charge in [-0.3, -0.25) is 4.79 Å². The van der Waals surface area contributed by atoms with Crippen LogP contribution < -0.4 is 5.32 Å². The number of hydrogen-bond donors (Lipinski definition) is 1. The third kappa shape index (κ3) is 6.56. The van der Waals surface area contributed by atoms with Crippen LogP contribution in [0.15, 0.2) is 0 Å². The number of nitrogens with zero attached hydrogens (tertiary/aromatic N) is 1. The first kappa shape index (κ1) is 18.8. The molecule has 2 aliphatic rings. The van der Waals surface area contributed by atoms with E-state index < -0.39 is 0 Å². The average molecular weight is 317 g/mol. The summed E-state index contributed by atoms with van der Waals surface area (Å²) in [6.45, 7) is 8.87. The molecule has 2 rings (SSSR count). The molecule has 3 nitrogen and oxygen atoms in total. The molecule has 0 radical (unpaired) electrons. The maximum atomic E-state index is 12.2. The fraction of sp³-hybridized carbons (Fsp3) is 0.941. The number of carbonyl (C=O) groups excluding carboxylic acids is 1. The van der Waals surface area contributed by atoms with Gasteiger partial charge in [0.25, 0.3) is 0 Å². The molecule has 1 amide bonds. The SMILES string of the molecule is CC(C)CCC1CCN(C(=O)CCC2CCNC2)CC1.Cl. The summed E-state index contributed by atoms with van der Waals surface area (Å²) < 4.78 is 0. The minimum Gasteiger partial charge on any atom is -0.343 e. The molecule has 0 aliphatic carbocycles. The summed E-state index contributed by atoms with van der Waals surface area (Å²) in [4.78, 5) is 14.4. The molecular weight excluding hydrogens is 284 g/mol. The summed E-state index contributed by atoms with van der Waals surface area (Å²) in [7, 11) is 0. The van der Waals surface area contributed by atoms with E-state index in [1.165, 1.54) is 32.1 Å². The first-order valence-electron chi connectivity index (χ1n) is 8.63. The normalized spacial score (nSPS) is 23.4. The maximum absolute atomic E-state index is 12.2. The van der Waals surface area contributed by atoms with Crippen molar-refractivity contribution in [1.82, 2.24) is 10.2 Å². The fourth-order valence-corrected chi connectivity index (χ4v) is 3.49. The molecule has 124 valence electrons. The number of nitrogens with one attached hydrogen (secondary N) is 1. The van der Waals surface area contributed by atoms with Crippen LogP contribution in [0.4, 0.5) is 0 Å². The monoisotopic (exact) mass is 316 g/mol. The average Bonchev–Trinajstić information content (AvgIpc) is 2.96. The zero-order chi connectivity index (χ0) is 14.4. The zero-order valence-electron chi connectivity index (χ0n) is 13.8. The summed E-state index contributed by atoms with van der Waals surface area (Å²) in [5.41, 5.74) is 0. The Morgan fingerprint density at radius 3 is 2.43 bits per heavy atom. The Labute approximate surface area is 136 Å². The van der Waals surface area contributed by atoms with Gasteiger partial charge in [-0.25, -0.2) is 0 Å². The molecule has 4 heteroatoms. The van der Waals surface area contributed by atoms with Crippen molar-refractivity contribution >= 4 is 18.3 Å². The first-order valence-corrected chi connectivity index (χ1v) is 8.63. The van der Waals surface area contributed by atoms with Crippen molar-refractivity contribution in [3.05, 3.63) is 0 Å². The van der Waals surface area contributed by atoms with Crippen molar-refractivity contribution in [3.63, 3.8) is 0 Å². The van der Waals surface area contributed by atoms with Crippen LogP contribution in [-0.2, 0) is 4.79 Å². The van der Waals surface area contributed by atoms with E-state index in [2.05, 4.69) is 24.1 Å². The third-order valence-corrected chi connectivity index (χ3v) is 5.05. The molecule has 2 heterocycles. The van der Waals surface area contributed by atoms with E-state index in [1.54, 1.807) is 0 Å². The Morgan fingerprint density at radius 1 is 1.14 bits per heavy atom. The summed E-state index contributed by atoms with van der Waals surface area (Å²) >= 11 is 0. The van der Waals surface area contributed by atoms with Gasteiger partial charge in [-0.1, -0.05) is 26.7 Å². The van der Waals surface area contributed by atoms with E-state index in [1.807, 2.05) is 0 Å². The highest BCUT2D eigenvalue weighted by Gasteiger charge is 2.23. The summed E-state index contributed by atoms with van der Waals surface area (Å²) in [6.07, 6.45) is 8.25. The van der Waals surface area contributed by atoms with Crippen molar-refractivity contribution in [3.8, 4) is 0 Å². The van der Waals surface area contributed by atoms with Crippen LogP contribution in [-0.4, -0.2) is 37.0 Å². The van der Waals surface area contributed by atoms with Crippen LogP contribution in [0.25, 0.3) is 0 Å². The third-order valence-electron chi connectivity index (χ3n) is 5.05. The highest BCUT2D eigenvalue weighted by Crippen LogP contribution is 2.24. The second-order valence-corrected chi connectivity index (χ2v) is 7.19. The van der Waals surface area contributed by atoms with Crippen LogP contribution in [0.3, 0.4) is 0 Å². The maximum Gasteiger partial charge on any atom is 0.222 e. The van der Waals surface area contributed by atoms with E-state index in [-0.39, 0.29) is 12.4 Å². The van der Waals surface area contributed by atoms with Crippen LogP contribution in [0, 0.1) is 17.8 Å². The lowest BCUT2D eigenvalue weighted by Gasteiger charge is -2.32. The second-order valence-electron chi connectivity index (χ2n) is 7.19. The standard InChI is InChI=1S/C17H32N2O.ClH/c1-14(2)3-4-15-8-11-19(12-9-15)17(20)6-5-16-7-10-18-13-16;/h14-16,18H,3-13H2,1-2H3;1H. The topological polar surface area (TPSA) is 32.3 Å². The molecule has 21 heavy (non-hydrogen) atoms. The van der Waals surface area contributed by atoms with E-state index in [0.717, 1.165) is 56.8 Å². The molecule has 0 saturated carbocycles. The van der Waals surface area contributed by atoms with Crippen molar-refractivity contribution in [2.45, 2.75) is 58.8 Å². The smallest absolute Gasteiger partial charge is 0.222 e. The number of piperidine rings is 1. The first-order chi connectivity index (χ1) is 9.65. The van der Waals surface area contributed by atoms with Gasteiger partial charge in [0.15, 0.2) is 0 Å². The lowest BCUT2D eigenvalue weighted by Crippen LogP contribution is -2.38. The quantitative estimate of drug-likeness (QED) is 0.813. The van der Waals surface area contributed by atoms with Gasteiger partial charge in [0.2, 0.25) is 5.91 Å². The fourth-order valence-electron chi connectivity index (χ4n) is 3.49. The summed E-state index contributed by atoms with van der Waals surface area (Å²) in [5, 5.41) is 3.38. The minimum atomic E-state index is 0. The number of hydrogen-bond acceptors (Lipinski definition) is 2. The van der Waals surface area contributed by atoms with Gasteiger partial charge in [0.1, 0.15) is 0 Å². The highest BCUT2D eigenvalue weighted by molar-refractivity contribution is 5.85. The molecule has 0 bridgehead atoms. The molecule has 1 unspecified atom stereocenters. The number of likely N-dealkylation sites (tertiary alicyclic amines) is 1. The molecule has 0 aromatic rings. The molecular formula is C17H33ClN2O. The molecule has 0 aromatic carbocycles. The van der Waals surface area contributed by atoms with Crippen molar-refractivity contribution < 1.29 is 4.79 Å². The van der Waals surface area contributed by atoms with Crippen LogP contribution >= 0.6 is 12.4 Å². The van der Waals surface area contributed by atoms with E-state index in [4.69, 9.17) is 0 Å². The number of amides is 1. The van der Waals surface area contributed by atoms with Crippen molar-refractivity contribution in [2.24, 2.45) is 17.8 Å². The molecule has 1 atom stereocenters. The van der Waals surface area contributed by atoms with Gasteiger partial charge < -0.3 is 10.2 Å². The van der Waals surface area contributed by atoms with Crippen LogP contribution in [0.5, 0.6) is 0 Å². The van der Waals surface area contributed by atoms with E-state index >= 15 is 0 Å². The Hall–Kier alpha value is -0.280. The highest BCUT2D eigenvalue weighted by atomic mass is 35.5. The molecule has 0 spiro atoms. The molecule has 2 saturated heterocycles. The van der Waals surface area contributed by atoms with Gasteiger partial charge in [-0.2, -0.15) is 0 Å². The predicted molar refractivity (Wildman–Crippen MR) is 90.8 cm³/mol. The number of carbonyl (C=O) groups is 1. The number of halogens is 1. The van der Waals surface area contributed by atoms with Gasteiger partial charge in [0, 0.05) is 19.5 Å². The van der Waals surface area contributed by atoms with Crippen molar-refractivity contribution in [1.29, 1.82) is 0 Å². The molecule has 0 aromatic heterocycles. The van der Waals surface area contributed by atoms with E-state index in [9.17, 15) is 4.79 Å². The molecule has 2 aliphatic heterocycles. The minimum absolute atomic E-state index is 0. The van der Waals surface area contributed by atoms with Gasteiger partial charge in [-0.15, -0.1) is 12.4 Å². The lowest BCUT2D eigenvalue weighted by molar-refractivity contribution is -0.132. The Morgan fingerprint density at radius 2 is 1.86 bits per heavy atom. The predicted octanol–water partition coefficient (Wildman–Crippen LogP) is 3.47. The molecule has 2 fully saturated rings. The van der Waals surface area contributed by atoms with Gasteiger partial charge >= 0.3 is 0 Å². The Bertz CT molecular complexity index is 295. The largest absolute Gasteiger partial charge is 0.343 e. The second kappa shape index (κ2) is 9.68. The summed E-state index contributed by atoms with van der Waals surface area (Å²) in [6, 6.07) is 0. The number of rotatable bonds is 6. The van der Waals surface area contributed by atoms with Crippen LogP contribution in [0.2, 0.25) is 0 Å².